The summed E-state index contributed by atoms with van der Waals surface area (Å²) >= 11 is 1.36. The molecule has 4 rings (SSSR count). The second-order valence-corrected chi connectivity index (χ2v) is 8.65. The van der Waals surface area contributed by atoms with Crippen LogP contribution in [0.4, 0.5) is 15.7 Å². The highest BCUT2D eigenvalue weighted by atomic mass is 32.1. The summed E-state index contributed by atoms with van der Waals surface area (Å²) in [6.45, 7) is 6.73. The third kappa shape index (κ3) is 4.65. The molecule has 2 aromatic heterocycles. The summed E-state index contributed by atoms with van der Waals surface area (Å²) in [5.74, 6) is 0.223. The predicted octanol–water partition coefficient (Wildman–Crippen LogP) is 3.11. The van der Waals surface area contributed by atoms with E-state index in [2.05, 4.69) is 11.0 Å². The average Bonchev–Trinajstić information content (AvgIpc) is 3.47. The van der Waals surface area contributed by atoms with Gasteiger partial charge in [-0.1, -0.05) is 6.92 Å². The fourth-order valence-electron chi connectivity index (χ4n) is 3.89. The van der Waals surface area contributed by atoms with Gasteiger partial charge in [-0.05, 0) is 18.1 Å². The number of hydrogen-bond acceptors (Lipinski definition) is 8. The number of anilines is 2. The highest BCUT2D eigenvalue weighted by Gasteiger charge is 2.32. The van der Waals surface area contributed by atoms with Gasteiger partial charge in [-0.15, -0.1) is 11.3 Å². The minimum Gasteiger partial charge on any atom is -0.448 e. The summed E-state index contributed by atoms with van der Waals surface area (Å²) in [7, 11) is 0. The van der Waals surface area contributed by atoms with Gasteiger partial charge in [0.1, 0.15) is 17.7 Å². The number of furan rings is 1. The van der Waals surface area contributed by atoms with Crippen molar-refractivity contribution in [1.82, 2.24) is 9.80 Å². The predicted molar refractivity (Wildman–Crippen MR) is 118 cm³/mol. The molecule has 2 aliphatic rings. The molecule has 0 atom stereocenters. The van der Waals surface area contributed by atoms with Crippen LogP contribution in [0.15, 0.2) is 22.8 Å². The maximum Gasteiger partial charge on any atom is 0.410 e. The molecule has 1 fully saturated rings. The van der Waals surface area contributed by atoms with Gasteiger partial charge in [0.05, 0.1) is 31.6 Å². The van der Waals surface area contributed by atoms with Crippen LogP contribution in [0.25, 0.3) is 0 Å². The van der Waals surface area contributed by atoms with Gasteiger partial charge >= 0.3 is 6.09 Å². The van der Waals surface area contributed by atoms with Gasteiger partial charge < -0.3 is 18.8 Å². The first-order valence-electron chi connectivity index (χ1n) is 10.7. The van der Waals surface area contributed by atoms with Crippen molar-refractivity contribution in [2.45, 2.75) is 26.3 Å². The van der Waals surface area contributed by atoms with Crippen molar-refractivity contribution in [3.8, 4) is 6.07 Å². The third-order valence-corrected chi connectivity index (χ3v) is 6.83. The van der Waals surface area contributed by atoms with Gasteiger partial charge in [-0.2, -0.15) is 5.26 Å². The topological polar surface area (TPSA) is 99.3 Å². The molecular formula is C22H26N4O5S. The minimum absolute atomic E-state index is 0.158. The first kappa shape index (κ1) is 22.3. The Morgan fingerprint density at radius 1 is 1.31 bits per heavy atom. The van der Waals surface area contributed by atoms with Crippen LogP contribution < -0.4 is 4.90 Å². The molecule has 0 aromatic carbocycles. The van der Waals surface area contributed by atoms with Crippen molar-refractivity contribution in [1.29, 1.82) is 5.26 Å². The highest BCUT2D eigenvalue weighted by molar-refractivity contribution is 7.16. The molecule has 0 N–H and O–H groups in total. The van der Waals surface area contributed by atoms with E-state index in [4.69, 9.17) is 13.9 Å². The van der Waals surface area contributed by atoms with Crippen LogP contribution >= 0.6 is 11.3 Å². The molecule has 32 heavy (non-hydrogen) atoms. The molecule has 2 aliphatic heterocycles. The van der Waals surface area contributed by atoms with E-state index in [-0.39, 0.29) is 18.4 Å². The molecular weight excluding hydrogens is 432 g/mol. The van der Waals surface area contributed by atoms with E-state index < -0.39 is 0 Å². The number of carbonyl (C=O) groups is 2. The molecule has 4 heterocycles. The third-order valence-electron chi connectivity index (χ3n) is 5.63. The number of nitriles is 1. The molecule has 0 aliphatic carbocycles. The highest BCUT2D eigenvalue weighted by Crippen LogP contribution is 2.42. The van der Waals surface area contributed by atoms with Gasteiger partial charge in [0.25, 0.3) is 0 Å². The zero-order valence-electron chi connectivity index (χ0n) is 18.0. The van der Waals surface area contributed by atoms with Crippen LogP contribution in [0.5, 0.6) is 0 Å². The van der Waals surface area contributed by atoms with E-state index in [9.17, 15) is 14.9 Å². The van der Waals surface area contributed by atoms with Crippen molar-refractivity contribution >= 4 is 34.2 Å². The summed E-state index contributed by atoms with van der Waals surface area (Å²) in [4.78, 5) is 31.5. The lowest BCUT2D eigenvalue weighted by Gasteiger charge is -2.28. The molecule has 1 saturated heterocycles. The summed E-state index contributed by atoms with van der Waals surface area (Å²) in [6, 6.07) is 5.67. The second kappa shape index (κ2) is 10.2. The fraction of sp³-hybridized carbons (Fsp3) is 0.500. The molecule has 0 spiro atoms. The van der Waals surface area contributed by atoms with E-state index in [1.165, 1.54) is 22.5 Å². The minimum atomic E-state index is -0.357. The van der Waals surface area contributed by atoms with Crippen LogP contribution in [0.2, 0.25) is 0 Å². The van der Waals surface area contributed by atoms with Gasteiger partial charge in [0.15, 0.2) is 0 Å². The molecule has 0 radical (unpaired) electrons. The second-order valence-electron chi connectivity index (χ2n) is 7.57. The Bertz CT molecular complexity index is 991. The number of ether oxygens (including phenoxy) is 2. The number of carbonyl (C=O) groups excluding carboxylic acids is 2. The molecule has 0 saturated carbocycles. The Morgan fingerprint density at radius 3 is 2.81 bits per heavy atom. The van der Waals surface area contributed by atoms with Crippen LogP contribution in [-0.2, 0) is 27.2 Å². The van der Waals surface area contributed by atoms with Gasteiger partial charge in [0, 0.05) is 43.5 Å². The standard InChI is InChI=1S/C22H26N4O5S/c1-2-19(27)26(20-4-3-10-30-20)21-17(14-23)16-5-6-25(15-18(16)32-21)22(28)31-13-9-24-7-11-29-12-8-24/h3-4,10H,2,5-9,11-13,15H2,1H3. The molecule has 2 aromatic rings. The number of morpholine rings is 1. The molecule has 10 heteroatoms. The van der Waals surface area contributed by atoms with Crippen molar-refractivity contribution in [3.05, 3.63) is 34.4 Å². The maximum absolute atomic E-state index is 12.7. The summed E-state index contributed by atoms with van der Waals surface area (Å²) in [6.07, 6.45) is 1.96. The largest absolute Gasteiger partial charge is 0.448 e. The SMILES string of the molecule is CCC(=O)N(c1ccco1)c1sc2c(c1C#N)CCN(C(=O)OCCN1CCOCC1)C2. The van der Waals surface area contributed by atoms with Gasteiger partial charge in [-0.25, -0.2) is 9.69 Å². The smallest absolute Gasteiger partial charge is 0.410 e. The van der Waals surface area contributed by atoms with Crippen LogP contribution in [0, 0.1) is 11.3 Å². The van der Waals surface area contributed by atoms with Crippen LogP contribution in [0.3, 0.4) is 0 Å². The molecule has 0 bridgehead atoms. The van der Waals surface area contributed by atoms with Gasteiger partial charge in [0.2, 0.25) is 11.8 Å². The lowest BCUT2D eigenvalue weighted by molar-refractivity contribution is -0.117. The van der Waals surface area contributed by atoms with Crippen LogP contribution in [0.1, 0.15) is 29.3 Å². The van der Waals surface area contributed by atoms with E-state index >= 15 is 0 Å². The fourth-order valence-corrected chi connectivity index (χ4v) is 5.22. The number of nitrogens with zero attached hydrogens (tertiary/aromatic N) is 4. The molecule has 170 valence electrons. The zero-order valence-corrected chi connectivity index (χ0v) is 18.9. The molecule has 2 amide bonds. The van der Waals surface area contributed by atoms with E-state index in [0.717, 1.165) is 23.5 Å². The number of rotatable bonds is 6. The van der Waals surface area contributed by atoms with Crippen molar-refractivity contribution in [2.75, 3.05) is 50.9 Å². The Morgan fingerprint density at radius 2 is 2.12 bits per heavy atom. The monoisotopic (exact) mass is 458 g/mol. The Hall–Kier alpha value is -2.87. The first-order valence-corrected chi connectivity index (χ1v) is 11.6. The molecule has 0 unspecified atom stereocenters. The summed E-state index contributed by atoms with van der Waals surface area (Å²) < 4.78 is 16.3. The van der Waals surface area contributed by atoms with E-state index in [0.29, 0.717) is 62.3 Å². The van der Waals surface area contributed by atoms with Gasteiger partial charge in [-0.3, -0.25) is 9.69 Å². The number of amides is 2. The van der Waals surface area contributed by atoms with Crippen molar-refractivity contribution in [2.24, 2.45) is 0 Å². The van der Waals surface area contributed by atoms with E-state index in [1.54, 1.807) is 24.0 Å². The lowest BCUT2D eigenvalue weighted by atomic mass is 10.0. The maximum atomic E-state index is 12.7. The first-order chi connectivity index (χ1) is 15.6. The summed E-state index contributed by atoms with van der Waals surface area (Å²) in [5.41, 5.74) is 1.37. The van der Waals surface area contributed by atoms with Crippen molar-refractivity contribution in [3.63, 3.8) is 0 Å². The average molecular weight is 459 g/mol. The normalized spacial score (nSPS) is 16.3. The molecule has 9 nitrogen and oxygen atoms in total. The van der Waals surface area contributed by atoms with E-state index in [1.807, 2.05) is 0 Å². The Kier molecular flexibility index (Phi) is 7.09. The number of hydrogen-bond donors (Lipinski definition) is 0. The lowest BCUT2D eigenvalue weighted by Crippen LogP contribution is -2.40. The number of fused-ring (bicyclic) bond motifs is 1. The zero-order chi connectivity index (χ0) is 22.5. The van der Waals surface area contributed by atoms with Crippen LogP contribution in [-0.4, -0.2) is 67.8 Å². The Labute approximate surface area is 190 Å². The Balaban J connectivity index is 1.46. The number of thiophene rings is 1. The van der Waals surface area contributed by atoms with Crippen molar-refractivity contribution < 1.29 is 23.5 Å². The quantitative estimate of drug-likeness (QED) is 0.656. The summed E-state index contributed by atoms with van der Waals surface area (Å²) in [5, 5.41) is 10.4.